The van der Waals surface area contributed by atoms with Crippen molar-refractivity contribution in [3.05, 3.63) is 40.9 Å². The number of hydrogen-bond donors (Lipinski definition) is 0. The summed E-state index contributed by atoms with van der Waals surface area (Å²) in [7, 11) is 0. The zero-order valence-corrected chi connectivity index (χ0v) is 13.9. The first-order valence-electron chi connectivity index (χ1n) is 6.82. The van der Waals surface area contributed by atoms with Crippen molar-refractivity contribution in [3.63, 3.8) is 0 Å². The summed E-state index contributed by atoms with van der Waals surface area (Å²) in [6.45, 7) is 4.37. The van der Waals surface area contributed by atoms with Gasteiger partial charge in [0.25, 0.3) is 0 Å². The lowest BCUT2D eigenvalue weighted by Gasteiger charge is -2.23. The largest absolute Gasteiger partial charge is 0.492 e. The van der Waals surface area contributed by atoms with Crippen molar-refractivity contribution in [3.8, 4) is 5.75 Å². The lowest BCUT2D eigenvalue weighted by atomic mass is 9.85. The summed E-state index contributed by atoms with van der Waals surface area (Å²) in [5.74, 6) is 0.634. The minimum absolute atomic E-state index is 0.0730. The highest BCUT2D eigenvalue weighted by atomic mass is 35.5. The monoisotopic (exact) mass is 341 g/mol. The van der Waals surface area contributed by atoms with Crippen LogP contribution in [-0.4, -0.2) is 27.2 Å². The van der Waals surface area contributed by atoms with Crippen LogP contribution < -0.4 is 4.74 Å². The van der Waals surface area contributed by atoms with E-state index in [1.54, 1.807) is 18.2 Å². The van der Waals surface area contributed by atoms with Crippen LogP contribution in [0.4, 0.5) is 0 Å². The average molecular weight is 342 g/mol. The molecule has 0 aliphatic rings. The van der Waals surface area contributed by atoms with Gasteiger partial charge in [-0.1, -0.05) is 37.0 Å². The summed E-state index contributed by atoms with van der Waals surface area (Å²) in [6, 6.07) is 5.05. The lowest BCUT2D eigenvalue weighted by molar-refractivity contribution is -0.128. The molecule has 22 heavy (non-hydrogen) atoms. The Balaban J connectivity index is 1.87. The van der Waals surface area contributed by atoms with Crippen LogP contribution in [0.1, 0.15) is 20.3 Å². The molecule has 0 saturated carbocycles. The van der Waals surface area contributed by atoms with E-state index < -0.39 is 5.41 Å². The molecule has 1 aromatic heterocycles. The van der Waals surface area contributed by atoms with Crippen molar-refractivity contribution in [1.82, 2.24) is 14.8 Å². The second kappa shape index (κ2) is 7.11. The topological polar surface area (TPSA) is 57.0 Å². The van der Waals surface area contributed by atoms with E-state index >= 15 is 0 Å². The average Bonchev–Trinajstić information content (AvgIpc) is 2.94. The van der Waals surface area contributed by atoms with Crippen molar-refractivity contribution in [2.45, 2.75) is 26.8 Å². The first-order valence-corrected chi connectivity index (χ1v) is 7.57. The fraction of sp³-hybridized carbons (Fsp3) is 0.400. The van der Waals surface area contributed by atoms with Gasteiger partial charge in [-0.2, -0.15) is 5.10 Å². The Morgan fingerprint density at radius 3 is 2.77 bits per heavy atom. The van der Waals surface area contributed by atoms with Crippen LogP contribution in [0.15, 0.2) is 30.9 Å². The summed E-state index contributed by atoms with van der Waals surface area (Å²) < 4.78 is 7.15. The van der Waals surface area contributed by atoms with E-state index in [1.807, 2.05) is 13.8 Å². The molecule has 5 nitrogen and oxygen atoms in total. The molecule has 2 aromatic rings. The molecule has 1 heterocycles. The van der Waals surface area contributed by atoms with Gasteiger partial charge in [-0.25, -0.2) is 9.67 Å². The van der Waals surface area contributed by atoms with E-state index in [4.69, 9.17) is 27.9 Å². The van der Waals surface area contributed by atoms with Crippen LogP contribution in [0, 0.1) is 5.41 Å². The number of carbonyl (C=O) groups is 1. The summed E-state index contributed by atoms with van der Waals surface area (Å²) >= 11 is 11.9. The molecule has 0 unspecified atom stereocenters. The molecular weight excluding hydrogens is 325 g/mol. The summed E-state index contributed by atoms with van der Waals surface area (Å²) in [5.41, 5.74) is -0.523. The van der Waals surface area contributed by atoms with Crippen LogP contribution in [0.2, 0.25) is 10.0 Å². The SMILES string of the molecule is CC(C)(CCOc1ccc(Cl)cc1Cl)C(=O)Cn1cncn1. The van der Waals surface area contributed by atoms with E-state index in [0.717, 1.165) is 0 Å². The van der Waals surface area contributed by atoms with Gasteiger partial charge in [-0.05, 0) is 24.6 Å². The Hall–Kier alpha value is -1.59. The van der Waals surface area contributed by atoms with Gasteiger partial charge >= 0.3 is 0 Å². The van der Waals surface area contributed by atoms with Crippen molar-refractivity contribution in [2.24, 2.45) is 5.41 Å². The fourth-order valence-electron chi connectivity index (χ4n) is 1.82. The molecule has 0 amide bonds. The maximum Gasteiger partial charge on any atom is 0.160 e. The molecule has 0 bridgehead atoms. The Labute approximate surface area is 139 Å². The van der Waals surface area contributed by atoms with Gasteiger partial charge in [0.05, 0.1) is 11.6 Å². The van der Waals surface area contributed by atoms with Crippen LogP contribution in [0.25, 0.3) is 0 Å². The minimum Gasteiger partial charge on any atom is -0.492 e. The van der Waals surface area contributed by atoms with Gasteiger partial charge in [0.15, 0.2) is 5.78 Å². The Morgan fingerprint density at radius 2 is 2.14 bits per heavy atom. The maximum absolute atomic E-state index is 12.3. The van der Waals surface area contributed by atoms with Crippen LogP contribution in [0.3, 0.4) is 0 Å². The number of halogens is 2. The molecule has 0 spiro atoms. The number of rotatable bonds is 7. The predicted molar refractivity (Wildman–Crippen MR) is 85.4 cm³/mol. The van der Waals surface area contributed by atoms with Gasteiger partial charge in [0.1, 0.15) is 24.9 Å². The highest BCUT2D eigenvalue weighted by Gasteiger charge is 2.27. The van der Waals surface area contributed by atoms with Crippen molar-refractivity contribution in [2.75, 3.05) is 6.61 Å². The molecule has 0 saturated heterocycles. The van der Waals surface area contributed by atoms with Crippen LogP contribution >= 0.6 is 23.2 Å². The van der Waals surface area contributed by atoms with Gasteiger partial charge < -0.3 is 4.74 Å². The number of benzene rings is 1. The molecule has 1 aromatic carbocycles. The number of Topliss-reactive ketones (excluding diaryl/α,β-unsaturated/α-hetero) is 1. The number of hydrogen-bond acceptors (Lipinski definition) is 4. The highest BCUT2D eigenvalue weighted by molar-refractivity contribution is 6.35. The number of nitrogens with zero attached hydrogens (tertiary/aromatic N) is 3. The molecule has 0 aliphatic carbocycles. The minimum atomic E-state index is -0.523. The summed E-state index contributed by atoms with van der Waals surface area (Å²) in [5, 5.41) is 4.95. The molecule has 0 atom stereocenters. The van der Waals surface area contributed by atoms with E-state index in [0.29, 0.717) is 28.8 Å². The van der Waals surface area contributed by atoms with Gasteiger partial charge in [0, 0.05) is 10.4 Å². The van der Waals surface area contributed by atoms with Gasteiger partial charge in [0.2, 0.25) is 0 Å². The van der Waals surface area contributed by atoms with Gasteiger partial charge in [-0.15, -0.1) is 0 Å². The molecule has 0 N–H and O–H groups in total. The number of ether oxygens (including phenoxy) is 1. The first kappa shape index (κ1) is 16.8. The molecule has 118 valence electrons. The number of ketones is 1. The van der Waals surface area contributed by atoms with Crippen LogP contribution in [-0.2, 0) is 11.3 Å². The Bertz CT molecular complexity index is 642. The summed E-state index contributed by atoms with van der Waals surface area (Å²) in [6.07, 6.45) is 3.50. The van der Waals surface area contributed by atoms with Crippen molar-refractivity contribution < 1.29 is 9.53 Å². The zero-order valence-electron chi connectivity index (χ0n) is 12.4. The van der Waals surface area contributed by atoms with E-state index in [-0.39, 0.29) is 12.3 Å². The van der Waals surface area contributed by atoms with Crippen LogP contribution in [0.5, 0.6) is 5.75 Å². The molecule has 0 radical (unpaired) electrons. The number of carbonyl (C=O) groups excluding carboxylic acids is 1. The molecule has 0 aliphatic heterocycles. The second-order valence-corrected chi connectivity index (χ2v) is 6.42. The summed E-state index contributed by atoms with van der Waals surface area (Å²) in [4.78, 5) is 16.1. The van der Waals surface area contributed by atoms with E-state index in [2.05, 4.69) is 10.1 Å². The van der Waals surface area contributed by atoms with Crippen molar-refractivity contribution in [1.29, 1.82) is 0 Å². The maximum atomic E-state index is 12.3. The Morgan fingerprint density at radius 1 is 1.36 bits per heavy atom. The van der Waals surface area contributed by atoms with Crippen molar-refractivity contribution >= 4 is 29.0 Å². The molecule has 2 rings (SSSR count). The molecular formula is C15H17Cl2N3O2. The third kappa shape index (κ3) is 4.45. The van der Waals surface area contributed by atoms with Gasteiger partial charge in [-0.3, -0.25) is 4.79 Å². The lowest BCUT2D eigenvalue weighted by Crippen LogP contribution is -2.30. The molecule has 0 fully saturated rings. The highest BCUT2D eigenvalue weighted by Crippen LogP contribution is 2.29. The third-order valence-corrected chi connectivity index (χ3v) is 3.94. The zero-order chi connectivity index (χ0) is 16.2. The number of aromatic nitrogens is 3. The first-order chi connectivity index (χ1) is 10.4. The Kier molecular flexibility index (Phi) is 5.42. The third-order valence-electron chi connectivity index (χ3n) is 3.41. The normalized spacial score (nSPS) is 11.5. The second-order valence-electron chi connectivity index (χ2n) is 5.57. The smallest absolute Gasteiger partial charge is 0.160 e. The fourth-order valence-corrected chi connectivity index (χ4v) is 2.29. The quantitative estimate of drug-likeness (QED) is 0.771. The predicted octanol–water partition coefficient (Wildman–Crippen LogP) is 3.65. The van der Waals surface area contributed by atoms with E-state index in [9.17, 15) is 4.79 Å². The standard InChI is InChI=1S/C15H17Cl2N3O2/c1-15(2,14(21)8-20-10-18-9-19-20)5-6-22-13-4-3-11(16)7-12(13)17/h3-4,7,9-10H,5-6,8H2,1-2H3. The molecule has 7 heteroatoms. The van der Waals surface area contributed by atoms with E-state index in [1.165, 1.54) is 17.3 Å².